The summed E-state index contributed by atoms with van der Waals surface area (Å²) in [7, 11) is 0. The first-order valence-corrected chi connectivity index (χ1v) is 37.0. The Morgan fingerprint density at radius 2 is 0.232 bits per heavy atom. The van der Waals surface area contributed by atoms with Crippen LogP contribution in [0.25, 0.3) is 11.1 Å². The summed E-state index contributed by atoms with van der Waals surface area (Å²) in [5.41, 5.74) is 29.4. The van der Waals surface area contributed by atoms with Gasteiger partial charge >= 0.3 is 0 Å². The molecule has 0 nitrogen and oxygen atoms in total. The average Bonchev–Trinajstić information content (AvgIpc) is 0.862. The highest BCUT2D eigenvalue weighted by atomic mass is 14.2. The van der Waals surface area contributed by atoms with E-state index >= 15 is 0 Å². The van der Waals surface area contributed by atoms with Gasteiger partial charge in [0, 0.05) is 0 Å². The zero-order valence-corrected chi connectivity index (χ0v) is 66.0. The zero-order valence-electron chi connectivity index (χ0n) is 66.0. The van der Waals surface area contributed by atoms with E-state index in [4.69, 9.17) is 0 Å². The Balaban J connectivity index is 0.000000187. The molecule has 0 aliphatic rings. The fourth-order valence-electron chi connectivity index (χ4n) is 12.1. The van der Waals surface area contributed by atoms with E-state index in [1.165, 1.54) is 111 Å². The van der Waals surface area contributed by atoms with Gasteiger partial charge in [-0.1, -0.05) is 409 Å². The predicted octanol–water partition coefficient (Wildman–Crippen LogP) is 27.1. The Kier molecular flexibility index (Phi) is 26.3. The van der Waals surface area contributed by atoms with Crippen molar-refractivity contribution in [2.75, 3.05) is 0 Å². The van der Waals surface area contributed by atoms with Crippen molar-refractivity contribution in [2.45, 2.75) is 254 Å². The van der Waals surface area contributed by atoms with Crippen LogP contribution in [0.3, 0.4) is 0 Å². The van der Waals surface area contributed by atoms with E-state index in [1.807, 2.05) is 0 Å². The number of benzene rings is 10. The van der Waals surface area contributed by atoms with Crippen LogP contribution in [0, 0.1) is 0 Å². The molecule has 10 aromatic rings. The van der Waals surface area contributed by atoms with E-state index < -0.39 is 0 Å². The molecular formula is C99H126. The van der Waals surface area contributed by atoms with Crippen molar-refractivity contribution in [3.05, 3.63) is 343 Å². The maximum atomic E-state index is 2.28. The monoisotopic (exact) mass is 1310 g/mol. The summed E-state index contributed by atoms with van der Waals surface area (Å²) in [5.74, 6) is 0. The molecule has 0 radical (unpaired) electrons. The van der Waals surface area contributed by atoms with Gasteiger partial charge in [-0.05, 0) is 200 Å². The van der Waals surface area contributed by atoms with Crippen molar-refractivity contribution in [1.29, 1.82) is 0 Å². The molecule has 0 heteroatoms. The van der Waals surface area contributed by atoms with Gasteiger partial charge in [0.15, 0.2) is 0 Å². The molecular weight excluding hydrogens is 1190 g/mol. The summed E-state index contributed by atoms with van der Waals surface area (Å²) in [5, 5.41) is 0. The first-order valence-electron chi connectivity index (χ1n) is 37.0. The maximum absolute atomic E-state index is 2.28. The van der Waals surface area contributed by atoms with Gasteiger partial charge in [0.25, 0.3) is 0 Å². The van der Waals surface area contributed by atoms with Crippen LogP contribution < -0.4 is 0 Å². The summed E-state index contributed by atoms with van der Waals surface area (Å²) in [6, 6.07) is 90.8. The van der Waals surface area contributed by atoms with Crippen molar-refractivity contribution in [2.24, 2.45) is 0 Å². The topological polar surface area (TPSA) is 0 Å². The Morgan fingerprint density at radius 3 is 0.374 bits per heavy atom. The third-order valence-corrected chi connectivity index (χ3v) is 19.4. The third kappa shape index (κ3) is 25.4. The van der Waals surface area contributed by atoms with E-state index in [0.29, 0.717) is 0 Å². The maximum Gasteiger partial charge on any atom is -0.00258 e. The van der Waals surface area contributed by atoms with Gasteiger partial charge in [-0.25, -0.2) is 0 Å². The van der Waals surface area contributed by atoms with Gasteiger partial charge in [0.2, 0.25) is 0 Å². The largest absolute Gasteiger partial charge is 0.0587 e. The predicted molar refractivity (Wildman–Crippen MR) is 436 cm³/mol. The standard InChI is InChI=1S/2C28H34.C22H30.C21H28/c1-27(2,3)25-15-11-23(12-16-25)19-21-7-9-22(10-8-21)20-24-13-17-26(18-14-24)28(4,5)6;1-27(2,3)25-17-11-22(12-18-25)8-7-21-9-13-23(14-10-21)24-15-19-26(20-16-24)28(4,5)6;1-21(2,3)19-13-9-17(10-14-19)7-8-18-11-15-20(16-12-18)22(4,5)6;1-20(2,3)18-11-7-16(8-12-18)15-17-9-13-19(14-10-17)21(4,5)6/h7-18H,19-20H2,1-6H3;9-20H,7-8H2,1-6H3;9-16H,7-8H2,1-6H3;7-14H,15H2,1-6H3. The Hall–Kier alpha value is -7.80. The molecule has 0 fully saturated rings. The SMILES string of the molecule is CC(C)(C)c1ccc(CCc2ccc(-c3ccc(C(C)(C)C)cc3)cc2)cc1.CC(C)(C)c1ccc(CCc2ccc(C(C)(C)C)cc2)cc1.CC(C)(C)c1ccc(Cc2ccc(C(C)(C)C)cc2)cc1.CC(C)(C)c1ccc(Cc2ccc(Cc3ccc(C(C)(C)C)cc3)cc2)cc1. The molecule has 522 valence electrons. The fraction of sp³-hybridized carbons (Fsp3) is 0.394. The fourth-order valence-corrected chi connectivity index (χ4v) is 12.1. The lowest BCUT2D eigenvalue weighted by molar-refractivity contribution is 0.589. The molecule has 0 aromatic heterocycles. The number of aryl methyl sites for hydroxylation is 4. The van der Waals surface area contributed by atoms with Gasteiger partial charge in [0.05, 0.1) is 0 Å². The van der Waals surface area contributed by atoms with E-state index in [9.17, 15) is 0 Å². The zero-order chi connectivity index (χ0) is 72.8. The number of hydrogen-bond donors (Lipinski definition) is 0. The van der Waals surface area contributed by atoms with Crippen LogP contribution in [-0.2, 0) is 88.3 Å². The van der Waals surface area contributed by atoms with Gasteiger partial charge in [-0.2, -0.15) is 0 Å². The molecule has 10 aromatic carbocycles. The quantitative estimate of drug-likeness (QED) is 0.108. The average molecular weight is 1320 g/mol. The van der Waals surface area contributed by atoms with Crippen molar-refractivity contribution in [1.82, 2.24) is 0 Å². The minimum atomic E-state index is 0.202. The first-order chi connectivity index (χ1) is 46.1. The second-order valence-electron chi connectivity index (χ2n) is 36.5. The van der Waals surface area contributed by atoms with Crippen LogP contribution in [-0.4, -0.2) is 0 Å². The van der Waals surface area contributed by atoms with Crippen LogP contribution >= 0.6 is 0 Å². The molecule has 99 heavy (non-hydrogen) atoms. The normalized spacial score (nSPS) is 12.3. The summed E-state index contributed by atoms with van der Waals surface area (Å²) in [6.45, 7) is 54.3. The molecule has 0 saturated heterocycles. The molecule has 0 spiro atoms. The molecule has 0 unspecified atom stereocenters. The van der Waals surface area contributed by atoms with Crippen LogP contribution in [0.5, 0.6) is 0 Å². The van der Waals surface area contributed by atoms with E-state index in [-0.39, 0.29) is 43.3 Å². The molecule has 0 saturated carbocycles. The lowest BCUT2D eigenvalue weighted by Gasteiger charge is -2.20. The van der Waals surface area contributed by atoms with E-state index in [0.717, 1.165) is 44.9 Å². The lowest BCUT2D eigenvalue weighted by atomic mass is 9.85. The lowest BCUT2D eigenvalue weighted by Crippen LogP contribution is -2.11. The van der Waals surface area contributed by atoms with Gasteiger partial charge in [-0.3, -0.25) is 0 Å². The number of hydrogen-bond acceptors (Lipinski definition) is 0. The number of rotatable bonds is 13. The van der Waals surface area contributed by atoms with Gasteiger partial charge in [0.1, 0.15) is 0 Å². The van der Waals surface area contributed by atoms with Crippen LogP contribution in [0.2, 0.25) is 0 Å². The first kappa shape index (κ1) is 78.5. The Bertz CT molecular complexity index is 3810. The Morgan fingerprint density at radius 1 is 0.131 bits per heavy atom. The highest BCUT2D eigenvalue weighted by molar-refractivity contribution is 5.64. The smallest absolute Gasteiger partial charge is 0.00258 e. The minimum absolute atomic E-state index is 0.202. The molecule has 0 amide bonds. The molecule has 0 N–H and O–H groups in total. The van der Waals surface area contributed by atoms with Crippen molar-refractivity contribution >= 4 is 0 Å². The Labute approximate surface area is 604 Å². The molecule has 0 aliphatic heterocycles. The second-order valence-corrected chi connectivity index (χ2v) is 36.5. The summed E-state index contributed by atoms with van der Waals surface area (Å²) >= 11 is 0. The summed E-state index contributed by atoms with van der Waals surface area (Å²) in [6.07, 6.45) is 7.38. The highest BCUT2D eigenvalue weighted by Crippen LogP contribution is 2.31. The van der Waals surface area contributed by atoms with E-state index in [1.54, 1.807) is 0 Å². The highest BCUT2D eigenvalue weighted by Gasteiger charge is 2.20. The summed E-state index contributed by atoms with van der Waals surface area (Å²) in [4.78, 5) is 0. The van der Waals surface area contributed by atoms with Crippen molar-refractivity contribution < 1.29 is 0 Å². The second kappa shape index (κ2) is 33.1. The minimum Gasteiger partial charge on any atom is -0.0587 e. The van der Waals surface area contributed by atoms with Crippen molar-refractivity contribution in [3.8, 4) is 11.1 Å². The molecule has 0 aliphatic carbocycles. The van der Waals surface area contributed by atoms with Crippen LogP contribution in [0.4, 0.5) is 0 Å². The molecule has 0 heterocycles. The molecule has 0 bridgehead atoms. The van der Waals surface area contributed by atoms with Crippen LogP contribution in [0.1, 0.15) is 266 Å². The van der Waals surface area contributed by atoms with Crippen LogP contribution in [0.15, 0.2) is 243 Å². The van der Waals surface area contributed by atoms with E-state index in [2.05, 4.69) is 409 Å². The third-order valence-electron chi connectivity index (χ3n) is 19.4. The van der Waals surface area contributed by atoms with Gasteiger partial charge < -0.3 is 0 Å². The summed E-state index contributed by atoms with van der Waals surface area (Å²) < 4.78 is 0. The van der Waals surface area contributed by atoms with Crippen molar-refractivity contribution in [3.63, 3.8) is 0 Å². The van der Waals surface area contributed by atoms with Gasteiger partial charge in [-0.15, -0.1) is 0 Å². The molecule has 10 rings (SSSR count). The molecule has 0 atom stereocenters.